The Morgan fingerprint density at radius 1 is 1.11 bits per heavy atom. The van der Waals surface area contributed by atoms with Crippen molar-refractivity contribution in [3.05, 3.63) is 58.2 Å². The summed E-state index contributed by atoms with van der Waals surface area (Å²) in [6, 6.07) is 12.5. The third-order valence-electron chi connectivity index (χ3n) is 2.91. The summed E-state index contributed by atoms with van der Waals surface area (Å²) < 4.78 is 1.11. The molecule has 0 aliphatic heterocycles. The van der Waals surface area contributed by atoms with Crippen molar-refractivity contribution >= 4 is 21.7 Å². The Bertz CT molecular complexity index is 508. The average Bonchev–Trinajstić information content (AvgIpc) is 2.42. The largest absolute Gasteiger partial charge is 0.355 e. The molecule has 2 rings (SSSR count). The Kier molecular flexibility index (Phi) is 4.93. The zero-order valence-electron chi connectivity index (χ0n) is 11.2. The number of benzene rings is 1. The second kappa shape index (κ2) is 6.68. The summed E-state index contributed by atoms with van der Waals surface area (Å²) in [5.74, 6) is 0.989. The second-order valence-corrected chi connectivity index (χ2v) is 5.45. The topological polar surface area (TPSA) is 28.2 Å². The van der Waals surface area contributed by atoms with E-state index in [4.69, 9.17) is 0 Å². The lowest BCUT2D eigenvalue weighted by atomic mass is 10.2. The fraction of sp³-hybridized carbons (Fsp3) is 0.267. The van der Waals surface area contributed by atoms with Gasteiger partial charge in [-0.25, -0.2) is 4.98 Å². The molecule has 3 nitrogen and oxygen atoms in total. The molecule has 19 heavy (non-hydrogen) atoms. The molecule has 100 valence electrons. The molecule has 0 spiro atoms. The van der Waals surface area contributed by atoms with E-state index in [9.17, 15) is 0 Å². The summed E-state index contributed by atoms with van der Waals surface area (Å²) >= 11 is 3.45. The van der Waals surface area contributed by atoms with Crippen molar-refractivity contribution in [1.29, 1.82) is 0 Å². The molecule has 0 radical (unpaired) electrons. The van der Waals surface area contributed by atoms with Crippen molar-refractivity contribution in [2.75, 3.05) is 19.0 Å². The molecule has 0 bridgehead atoms. The molecule has 1 aromatic heterocycles. The van der Waals surface area contributed by atoms with Crippen LogP contribution in [-0.2, 0) is 13.1 Å². The van der Waals surface area contributed by atoms with Crippen LogP contribution < -0.4 is 10.2 Å². The molecule has 0 atom stereocenters. The van der Waals surface area contributed by atoms with Crippen molar-refractivity contribution < 1.29 is 0 Å². The summed E-state index contributed by atoms with van der Waals surface area (Å²) in [5.41, 5.74) is 2.47. The van der Waals surface area contributed by atoms with E-state index in [2.05, 4.69) is 74.6 Å². The zero-order valence-corrected chi connectivity index (χ0v) is 12.8. The molecule has 0 aliphatic carbocycles. The fourth-order valence-electron chi connectivity index (χ4n) is 1.90. The van der Waals surface area contributed by atoms with Crippen LogP contribution in [0.1, 0.15) is 11.1 Å². The molecule has 1 heterocycles. The highest BCUT2D eigenvalue weighted by Crippen LogP contribution is 2.15. The van der Waals surface area contributed by atoms with Gasteiger partial charge >= 0.3 is 0 Å². The molecule has 2 aromatic rings. The van der Waals surface area contributed by atoms with Crippen molar-refractivity contribution in [2.45, 2.75) is 13.1 Å². The number of halogens is 1. The summed E-state index contributed by atoms with van der Waals surface area (Å²) in [6.07, 6.45) is 1.92. The summed E-state index contributed by atoms with van der Waals surface area (Å²) in [5, 5.41) is 3.12. The Labute approximate surface area is 122 Å². The summed E-state index contributed by atoms with van der Waals surface area (Å²) in [4.78, 5) is 6.63. The minimum absolute atomic E-state index is 0.851. The van der Waals surface area contributed by atoms with Gasteiger partial charge in [-0.05, 0) is 36.4 Å². The third kappa shape index (κ3) is 4.04. The summed E-state index contributed by atoms with van der Waals surface area (Å²) in [7, 11) is 4.00. The van der Waals surface area contributed by atoms with Gasteiger partial charge in [0, 0.05) is 30.8 Å². The zero-order chi connectivity index (χ0) is 13.7. The van der Waals surface area contributed by atoms with Gasteiger partial charge in [0.15, 0.2) is 0 Å². The van der Waals surface area contributed by atoms with E-state index in [1.54, 1.807) is 0 Å². The van der Waals surface area contributed by atoms with Crippen LogP contribution in [0.5, 0.6) is 0 Å². The molecule has 0 unspecified atom stereocenters. The molecule has 0 aliphatic rings. The normalized spacial score (nSPS) is 10.5. The number of nitrogens with zero attached hydrogens (tertiary/aromatic N) is 2. The summed E-state index contributed by atoms with van der Waals surface area (Å²) in [6.45, 7) is 1.70. The quantitative estimate of drug-likeness (QED) is 0.917. The number of nitrogens with one attached hydrogen (secondary N) is 1. The lowest BCUT2D eigenvalue weighted by molar-refractivity contribution is 0.810. The smallest absolute Gasteiger partial charge is 0.128 e. The number of pyridine rings is 1. The van der Waals surface area contributed by atoms with Crippen molar-refractivity contribution in [3.8, 4) is 0 Å². The second-order valence-electron chi connectivity index (χ2n) is 4.54. The first kappa shape index (κ1) is 14.0. The van der Waals surface area contributed by atoms with Crippen LogP contribution in [0.4, 0.5) is 5.82 Å². The number of anilines is 1. The van der Waals surface area contributed by atoms with Gasteiger partial charge in [0.25, 0.3) is 0 Å². The fourth-order valence-corrected chi connectivity index (χ4v) is 2.16. The lowest BCUT2D eigenvalue weighted by Crippen LogP contribution is -2.17. The van der Waals surface area contributed by atoms with Gasteiger partial charge in [0.05, 0.1) is 0 Å². The van der Waals surface area contributed by atoms with E-state index in [1.807, 2.05) is 13.2 Å². The highest BCUT2D eigenvalue weighted by molar-refractivity contribution is 9.10. The maximum absolute atomic E-state index is 4.49. The van der Waals surface area contributed by atoms with Crippen LogP contribution in [0.3, 0.4) is 0 Å². The van der Waals surface area contributed by atoms with Crippen molar-refractivity contribution in [2.24, 2.45) is 0 Å². The molecular weight excluding hydrogens is 302 g/mol. The van der Waals surface area contributed by atoms with E-state index < -0.39 is 0 Å². The van der Waals surface area contributed by atoms with Crippen LogP contribution in [0.25, 0.3) is 0 Å². The minimum atomic E-state index is 0.851. The molecular formula is C15H18BrN3. The van der Waals surface area contributed by atoms with Gasteiger partial charge in [-0.2, -0.15) is 0 Å². The van der Waals surface area contributed by atoms with E-state index in [0.717, 1.165) is 23.4 Å². The molecule has 4 heteroatoms. The van der Waals surface area contributed by atoms with Gasteiger partial charge in [-0.3, -0.25) is 0 Å². The predicted molar refractivity (Wildman–Crippen MR) is 83.2 cm³/mol. The Hall–Kier alpha value is -1.39. The molecule has 0 amide bonds. The van der Waals surface area contributed by atoms with Gasteiger partial charge in [0.2, 0.25) is 0 Å². The Balaban J connectivity index is 2.02. The highest BCUT2D eigenvalue weighted by Gasteiger charge is 2.03. The van der Waals surface area contributed by atoms with Gasteiger partial charge < -0.3 is 10.2 Å². The van der Waals surface area contributed by atoms with E-state index in [1.165, 1.54) is 11.1 Å². The van der Waals surface area contributed by atoms with Crippen molar-refractivity contribution in [3.63, 3.8) is 0 Å². The van der Waals surface area contributed by atoms with Crippen LogP contribution in [-0.4, -0.2) is 19.1 Å². The van der Waals surface area contributed by atoms with Crippen LogP contribution >= 0.6 is 15.9 Å². The monoisotopic (exact) mass is 319 g/mol. The van der Waals surface area contributed by atoms with Crippen LogP contribution in [0.2, 0.25) is 0 Å². The number of aromatic nitrogens is 1. The number of hydrogen-bond donors (Lipinski definition) is 1. The van der Waals surface area contributed by atoms with Gasteiger partial charge in [-0.1, -0.05) is 34.1 Å². The number of rotatable bonds is 5. The van der Waals surface area contributed by atoms with E-state index in [0.29, 0.717) is 0 Å². The molecule has 0 fully saturated rings. The molecule has 1 aromatic carbocycles. The number of hydrogen-bond acceptors (Lipinski definition) is 3. The first-order chi connectivity index (χ1) is 9.19. The average molecular weight is 320 g/mol. The lowest BCUT2D eigenvalue weighted by Gasteiger charge is -2.18. The van der Waals surface area contributed by atoms with Crippen LogP contribution in [0.15, 0.2) is 47.1 Å². The minimum Gasteiger partial charge on any atom is -0.355 e. The van der Waals surface area contributed by atoms with E-state index >= 15 is 0 Å². The van der Waals surface area contributed by atoms with Gasteiger partial charge in [-0.15, -0.1) is 0 Å². The molecule has 0 saturated carbocycles. The third-order valence-corrected chi connectivity index (χ3v) is 3.44. The standard InChI is InChI=1S/C15H18BrN3/c1-17-9-13-5-8-15(18-10-13)19(2)11-12-3-6-14(16)7-4-12/h3-8,10,17H,9,11H2,1-2H3. The van der Waals surface area contributed by atoms with Crippen molar-refractivity contribution in [1.82, 2.24) is 10.3 Å². The first-order valence-electron chi connectivity index (χ1n) is 6.24. The molecule has 0 saturated heterocycles. The maximum atomic E-state index is 4.49. The van der Waals surface area contributed by atoms with Gasteiger partial charge in [0.1, 0.15) is 5.82 Å². The predicted octanol–water partition coefficient (Wildman–Crippen LogP) is 3.20. The highest BCUT2D eigenvalue weighted by atomic mass is 79.9. The Morgan fingerprint density at radius 3 is 2.37 bits per heavy atom. The first-order valence-corrected chi connectivity index (χ1v) is 7.03. The Morgan fingerprint density at radius 2 is 1.79 bits per heavy atom. The molecule has 1 N–H and O–H groups in total. The maximum Gasteiger partial charge on any atom is 0.128 e. The SMILES string of the molecule is CNCc1ccc(N(C)Cc2ccc(Br)cc2)nc1. The van der Waals surface area contributed by atoms with E-state index in [-0.39, 0.29) is 0 Å². The van der Waals surface area contributed by atoms with Crippen LogP contribution in [0, 0.1) is 0 Å².